The number of carbonyl (C=O) groups is 3. The number of fused-ring (bicyclic) bond motifs is 1. The summed E-state index contributed by atoms with van der Waals surface area (Å²) in [4.78, 5) is 43.2. The lowest BCUT2D eigenvalue weighted by Gasteiger charge is -2.44. The van der Waals surface area contributed by atoms with Crippen LogP contribution in [0.4, 0.5) is 10.5 Å². The molecule has 226 valence electrons. The maximum atomic E-state index is 14.5. The zero-order valence-electron chi connectivity index (χ0n) is 26.0. The Kier molecular flexibility index (Phi) is 10.3. The van der Waals surface area contributed by atoms with Crippen LogP contribution in [0, 0.1) is 5.92 Å². The molecule has 2 unspecified atom stereocenters. The van der Waals surface area contributed by atoms with E-state index in [2.05, 4.69) is 10.6 Å². The van der Waals surface area contributed by atoms with Crippen LogP contribution in [0.2, 0.25) is 0 Å². The predicted octanol–water partition coefficient (Wildman–Crippen LogP) is 7.18. The molecular formula is C34H45N3O5. The summed E-state index contributed by atoms with van der Waals surface area (Å²) in [6, 6.07) is 17.8. The van der Waals surface area contributed by atoms with Crippen molar-refractivity contribution in [2.75, 3.05) is 5.32 Å². The fourth-order valence-corrected chi connectivity index (χ4v) is 4.81. The quantitative estimate of drug-likeness (QED) is 0.237. The molecule has 0 saturated heterocycles. The Labute approximate surface area is 249 Å². The number of nitrogens with zero attached hydrogens (tertiary/aromatic N) is 1. The van der Waals surface area contributed by atoms with Gasteiger partial charge in [-0.25, -0.2) is 4.79 Å². The van der Waals surface area contributed by atoms with Crippen molar-refractivity contribution in [2.24, 2.45) is 5.92 Å². The van der Waals surface area contributed by atoms with Gasteiger partial charge in [0.2, 0.25) is 5.91 Å². The van der Waals surface area contributed by atoms with E-state index in [1.54, 1.807) is 37.8 Å². The smallest absolute Gasteiger partial charge is 0.408 e. The van der Waals surface area contributed by atoms with Gasteiger partial charge in [0.05, 0.1) is 0 Å². The van der Waals surface area contributed by atoms with Crippen molar-refractivity contribution in [1.82, 2.24) is 10.2 Å². The van der Waals surface area contributed by atoms with E-state index in [-0.39, 0.29) is 11.7 Å². The number of hydrogen-bond donors (Lipinski definition) is 3. The Morgan fingerprint density at radius 2 is 1.52 bits per heavy atom. The lowest BCUT2D eigenvalue weighted by molar-refractivity contribution is -0.148. The first-order valence-corrected chi connectivity index (χ1v) is 14.5. The van der Waals surface area contributed by atoms with Crippen molar-refractivity contribution in [1.29, 1.82) is 0 Å². The monoisotopic (exact) mass is 575 g/mol. The fourth-order valence-electron chi connectivity index (χ4n) is 4.81. The number of alkyl carbamates (subject to hydrolysis) is 1. The Hall–Kier alpha value is -4.07. The SMILES string of the molecule is CCC(C)(C)N(C(=O)C(CC(C)C)NC(=O)OC(C)(C)C)C(C(=O)Nc1ccc2ccccc2c1)c1ccc(O)cc1. The van der Waals surface area contributed by atoms with Gasteiger partial charge in [-0.2, -0.15) is 0 Å². The fraction of sp³-hybridized carbons (Fsp3) is 0.441. The number of aromatic hydroxyl groups is 1. The first-order chi connectivity index (χ1) is 19.6. The molecule has 0 heterocycles. The van der Waals surface area contributed by atoms with E-state index in [1.165, 1.54) is 12.1 Å². The lowest BCUT2D eigenvalue weighted by Crippen LogP contribution is -2.59. The maximum absolute atomic E-state index is 14.5. The highest BCUT2D eigenvalue weighted by Gasteiger charge is 2.43. The predicted molar refractivity (Wildman–Crippen MR) is 167 cm³/mol. The summed E-state index contributed by atoms with van der Waals surface area (Å²) in [6.45, 7) is 15.0. The van der Waals surface area contributed by atoms with E-state index in [0.29, 0.717) is 24.1 Å². The molecule has 42 heavy (non-hydrogen) atoms. The highest BCUT2D eigenvalue weighted by molar-refractivity contribution is 6.00. The van der Waals surface area contributed by atoms with E-state index in [0.717, 1.165) is 10.8 Å². The number of phenolic OH excluding ortho intramolecular Hbond substituents is 1. The lowest BCUT2D eigenvalue weighted by atomic mass is 9.90. The number of ether oxygens (including phenoxy) is 1. The van der Waals surface area contributed by atoms with Crippen molar-refractivity contribution >= 4 is 34.4 Å². The number of amides is 3. The molecular weight excluding hydrogens is 530 g/mol. The second-order valence-corrected chi connectivity index (χ2v) is 12.7. The molecule has 0 spiro atoms. The number of rotatable bonds is 10. The summed E-state index contributed by atoms with van der Waals surface area (Å²) in [5, 5.41) is 17.8. The summed E-state index contributed by atoms with van der Waals surface area (Å²) in [5.74, 6) is -0.692. The Morgan fingerprint density at radius 3 is 2.10 bits per heavy atom. The second kappa shape index (κ2) is 13.3. The molecule has 0 aliphatic carbocycles. The summed E-state index contributed by atoms with van der Waals surface area (Å²) < 4.78 is 5.48. The number of anilines is 1. The molecule has 0 bridgehead atoms. The van der Waals surface area contributed by atoms with E-state index < -0.39 is 41.1 Å². The molecule has 2 atom stereocenters. The third-order valence-corrected chi connectivity index (χ3v) is 7.18. The standard InChI is InChI=1S/C34H45N3O5/c1-9-34(7,8)37(31(40)28(20-22(2)3)36-32(41)42-33(4,5)6)29(24-15-18-27(38)19-16-24)30(39)35-26-17-14-23-12-10-11-13-25(23)21-26/h10-19,21-22,28-29,38H,9,20H2,1-8H3,(H,35,39)(H,36,41). The van der Waals surface area contributed by atoms with Crippen LogP contribution in [0.15, 0.2) is 66.7 Å². The third kappa shape index (κ3) is 8.47. The van der Waals surface area contributed by atoms with Crippen LogP contribution in [-0.4, -0.2) is 45.1 Å². The molecule has 3 amide bonds. The number of benzene rings is 3. The molecule has 0 fully saturated rings. The molecule has 3 aromatic rings. The highest BCUT2D eigenvalue weighted by Crippen LogP contribution is 2.34. The zero-order valence-corrected chi connectivity index (χ0v) is 26.0. The zero-order chi connectivity index (χ0) is 31.2. The van der Waals surface area contributed by atoms with Crippen LogP contribution >= 0.6 is 0 Å². The highest BCUT2D eigenvalue weighted by atomic mass is 16.6. The van der Waals surface area contributed by atoms with E-state index >= 15 is 0 Å². The van der Waals surface area contributed by atoms with Crippen molar-refractivity contribution in [3.05, 3.63) is 72.3 Å². The van der Waals surface area contributed by atoms with Gasteiger partial charge >= 0.3 is 6.09 Å². The molecule has 8 heteroatoms. The maximum Gasteiger partial charge on any atom is 0.408 e. The largest absolute Gasteiger partial charge is 0.508 e. The molecule has 0 radical (unpaired) electrons. The number of hydrogen-bond acceptors (Lipinski definition) is 5. The molecule has 0 aliphatic heterocycles. The average molecular weight is 576 g/mol. The molecule has 3 N–H and O–H groups in total. The number of carbonyl (C=O) groups excluding carboxylic acids is 3. The first kappa shape index (κ1) is 32.4. The number of phenols is 1. The van der Waals surface area contributed by atoms with Gasteiger partial charge < -0.3 is 25.4 Å². The molecule has 3 rings (SSSR count). The summed E-state index contributed by atoms with van der Waals surface area (Å²) in [5.41, 5.74) is -0.409. The summed E-state index contributed by atoms with van der Waals surface area (Å²) in [6.07, 6.45) is 0.193. The van der Waals surface area contributed by atoms with Crippen LogP contribution in [0.1, 0.15) is 79.8 Å². The molecule has 8 nitrogen and oxygen atoms in total. The summed E-state index contributed by atoms with van der Waals surface area (Å²) >= 11 is 0. The second-order valence-electron chi connectivity index (χ2n) is 12.7. The van der Waals surface area contributed by atoms with Crippen LogP contribution in [0.25, 0.3) is 10.8 Å². The van der Waals surface area contributed by atoms with E-state index in [4.69, 9.17) is 4.74 Å². The first-order valence-electron chi connectivity index (χ1n) is 14.5. The van der Waals surface area contributed by atoms with Gasteiger partial charge in [-0.3, -0.25) is 9.59 Å². The minimum absolute atomic E-state index is 0.0457. The van der Waals surface area contributed by atoms with Gasteiger partial charge in [0.1, 0.15) is 23.4 Å². The van der Waals surface area contributed by atoms with E-state index in [9.17, 15) is 19.5 Å². The molecule has 3 aromatic carbocycles. The van der Waals surface area contributed by atoms with Crippen LogP contribution in [-0.2, 0) is 14.3 Å². The molecule has 0 aliphatic rings. The van der Waals surface area contributed by atoms with Crippen LogP contribution < -0.4 is 10.6 Å². The van der Waals surface area contributed by atoms with Crippen molar-refractivity contribution < 1.29 is 24.2 Å². The van der Waals surface area contributed by atoms with Gasteiger partial charge in [-0.1, -0.05) is 63.2 Å². The Morgan fingerprint density at radius 1 is 0.905 bits per heavy atom. The van der Waals surface area contributed by atoms with Crippen LogP contribution in [0.3, 0.4) is 0 Å². The van der Waals surface area contributed by atoms with Crippen molar-refractivity contribution in [3.63, 3.8) is 0 Å². The third-order valence-electron chi connectivity index (χ3n) is 7.18. The summed E-state index contributed by atoms with van der Waals surface area (Å²) in [7, 11) is 0. The minimum atomic E-state index is -1.06. The van der Waals surface area contributed by atoms with Gasteiger partial charge in [0, 0.05) is 11.2 Å². The van der Waals surface area contributed by atoms with Gasteiger partial charge in [0.15, 0.2) is 0 Å². The van der Waals surface area contributed by atoms with E-state index in [1.807, 2.05) is 77.1 Å². The number of nitrogens with one attached hydrogen (secondary N) is 2. The van der Waals surface area contributed by atoms with Gasteiger partial charge in [-0.05, 0) is 94.0 Å². The Bertz CT molecular complexity index is 1390. The molecule has 0 saturated carbocycles. The normalized spacial score (nSPS) is 13.4. The van der Waals surface area contributed by atoms with Crippen molar-refractivity contribution in [2.45, 2.75) is 91.5 Å². The minimum Gasteiger partial charge on any atom is -0.508 e. The van der Waals surface area contributed by atoms with Gasteiger partial charge in [-0.15, -0.1) is 0 Å². The van der Waals surface area contributed by atoms with Gasteiger partial charge in [0.25, 0.3) is 5.91 Å². The van der Waals surface area contributed by atoms with Crippen molar-refractivity contribution in [3.8, 4) is 5.75 Å². The van der Waals surface area contributed by atoms with Crippen LogP contribution in [0.5, 0.6) is 5.75 Å². The average Bonchev–Trinajstić information content (AvgIpc) is 2.90. The topological polar surface area (TPSA) is 108 Å². The molecule has 0 aromatic heterocycles. The Balaban J connectivity index is 2.09.